The standard InChI is InChI=1S/C18H21ClN4O5S/c19-14-4-3-13(21-16(24)10-23-17(25)8-20-18(23)26)7-15(14)29(27,28)22-6-5-12(9-22)11-1-2-11/h3-4,7,11-12H,1-2,5-6,8-10H2,(H,20,26)(H,21,24). The number of urea groups is 1. The molecule has 1 aliphatic carbocycles. The van der Waals surface area contributed by atoms with Crippen LogP contribution in [0.15, 0.2) is 23.1 Å². The molecule has 11 heteroatoms. The van der Waals surface area contributed by atoms with E-state index in [2.05, 4.69) is 10.6 Å². The van der Waals surface area contributed by atoms with Crippen molar-refractivity contribution in [1.29, 1.82) is 0 Å². The zero-order valence-electron chi connectivity index (χ0n) is 15.6. The van der Waals surface area contributed by atoms with E-state index in [4.69, 9.17) is 11.6 Å². The number of benzene rings is 1. The van der Waals surface area contributed by atoms with Gasteiger partial charge >= 0.3 is 6.03 Å². The van der Waals surface area contributed by atoms with Crippen LogP contribution >= 0.6 is 11.6 Å². The molecule has 2 heterocycles. The zero-order valence-corrected chi connectivity index (χ0v) is 17.1. The maximum absolute atomic E-state index is 13.1. The molecule has 1 aromatic carbocycles. The molecule has 156 valence electrons. The van der Waals surface area contributed by atoms with Gasteiger partial charge in [-0.05, 0) is 49.3 Å². The first-order valence-corrected chi connectivity index (χ1v) is 11.3. The predicted octanol–water partition coefficient (Wildman–Crippen LogP) is 1.25. The van der Waals surface area contributed by atoms with Crippen LogP contribution < -0.4 is 10.6 Å². The Balaban J connectivity index is 1.47. The fraction of sp³-hybridized carbons (Fsp3) is 0.500. The first-order chi connectivity index (χ1) is 13.8. The second-order valence-corrected chi connectivity index (χ2v) is 9.89. The van der Waals surface area contributed by atoms with E-state index in [-0.39, 0.29) is 22.2 Å². The minimum absolute atomic E-state index is 0.0663. The molecule has 0 aromatic heterocycles. The molecule has 4 amide bonds. The van der Waals surface area contributed by atoms with E-state index in [1.807, 2.05) is 0 Å². The highest BCUT2D eigenvalue weighted by molar-refractivity contribution is 7.89. The number of hydrogen-bond acceptors (Lipinski definition) is 5. The summed E-state index contributed by atoms with van der Waals surface area (Å²) in [7, 11) is -3.78. The zero-order chi connectivity index (χ0) is 20.8. The van der Waals surface area contributed by atoms with Crippen LogP contribution in [-0.4, -0.2) is 61.6 Å². The number of carbonyl (C=O) groups excluding carboxylic acids is 3. The molecule has 29 heavy (non-hydrogen) atoms. The third-order valence-electron chi connectivity index (χ3n) is 5.55. The third-order valence-corrected chi connectivity index (χ3v) is 7.89. The topological polar surface area (TPSA) is 116 Å². The Labute approximate surface area is 173 Å². The van der Waals surface area contributed by atoms with E-state index in [9.17, 15) is 22.8 Å². The molecule has 0 radical (unpaired) electrons. The molecule has 3 fully saturated rings. The number of imide groups is 1. The van der Waals surface area contributed by atoms with Crippen LogP contribution in [0.3, 0.4) is 0 Å². The predicted molar refractivity (Wildman–Crippen MR) is 105 cm³/mol. The molecular weight excluding hydrogens is 420 g/mol. The largest absolute Gasteiger partial charge is 0.329 e. The number of nitrogens with zero attached hydrogens (tertiary/aromatic N) is 2. The van der Waals surface area contributed by atoms with Gasteiger partial charge in [0, 0.05) is 18.8 Å². The van der Waals surface area contributed by atoms with Crippen molar-refractivity contribution < 1.29 is 22.8 Å². The molecule has 2 N–H and O–H groups in total. The molecule has 9 nitrogen and oxygen atoms in total. The number of anilines is 1. The minimum Gasteiger partial charge on any atom is -0.329 e. The van der Waals surface area contributed by atoms with Gasteiger partial charge in [-0.2, -0.15) is 4.31 Å². The van der Waals surface area contributed by atoms with E-state index < -0.39 is 34.4 Å². The lowest BCUT2D eigenvalue weighted by Crippen LogP contribution is -2.38. The molecule has 0 bridgehead atoms. The molecule has 4 rings (SSSR count). The Kier molecular flexibility index (Phi) is 5.26. The first-order valence-electron chi connectivity index (χ1n) is 9.43. The van der Waals surface area contributed by atoms with Crippen LogP contribution in [0.2, 0.25) is 5.02 Å². The second kappa shape index (κ2) is 7.58. The number of rotatable bonds is 6. The summed E-state index contributed by atoms with van der Waals surface area (Å²) in [5.41, 5.74) is 0.225. The van der Waals surface area contributed by atoms with E-state index in [0.29, 0.717) is 24.9 Å². The number of sulfonamides is 1. The number of halogens is 1. The van der Waals surface area contributed by atoms with E-state index >= 15 is 0 Å². The van der Waals surface area contributed by atoms with Crippen LogP contribution in [0.25, 0.3) is 0 Å². The second-order valence-electron chi connectivity index (χ2n) is 7.58. The van der Waals surface area contributed by atoms with Crippen molar-refractivity contribution in [3.63, 3.8) is 0 Å². The molecule has 0 spiro atoms. The highest BCUT2D eigenvalue weighted by Crippen LogP contribution is 2.42. The van der Waals surface area contributed by atoms with Crippen molar-refractivity contribution >= 4 is 45.2 Å². The van der Waals surface area contributed by atoms with Crippen molar-refractivity contribution in [1.82, 2.24) is 14.5 Å². The lowest BCUT2D eigenvalue weighted by molar-refractivity contribution is -0.128. The van der Waals surface area contributed by atoms with Crippen LogP contribution in [0.4, 0.5) is 10.5 Å². The number of hydrogen-bond donors (Lipinski definition) is 2. The molecule has 1 saturated carbocycles. The first kappa shape index (κ1) is 20.1. The molecule has 1 unspecified atom stereocenters. The van der Waals surface area contributed by atoms with Gasteiger partial charge in [0.15, 0.2) is 0 Å². The van der Waals surface area contributed by atoms with Crippen LogP contribution in [-0.2, 0) is 19.6 Å². The fourth-order valence-electron chi connectivity index (χ4n) is 3.80. The van der Waals surface area contributed by atoms with Gasteiger partial charge in [-0.3, -0.25) is 14.5 Å². The molecule has 1 aromatic rings. The van der Waals surface area contributed by atoms with Crippen molar-refractivity contribution in [3.8, 4) is 0 Å². The van der Waals surface area contributed by atoms with Crippen LogP contribution in [0.5, 0.6) is 0 Å². The Morgan fingerprint density at radius 2 is 1.97 bits per heavy atom. The van der Waals surface area contributed by atoms with Crippen molar-refractivity contribution in [2.45, 2.75) is 24.2 Å². The van der Waals surface area contributed by atoms with E-state index in [0.717, 1.165) is 11.3 Å². The summed E-state index contributed by atoms with van der Waals surface area (Å²) in [5.74, 6) is -0.0859. The van der Waals surface area contributed by atoms with Gasteiger partial charge in [0.25, 0.3) is 5.91 Å². The summed E-state index contributed by atoms with van der Waals surface area (Å²) < 4.78 is 27.6. The van der Waals surface area contributed by atoms with Crippen molar-refractivity contribution in [2.24, 2.45) is 11.8 Å². The quantitative estimate of drug-likeness (QED) is 0.646. The minimum atomic E-state index is -3.78. The lowest BCUT2D eigenvalue weighted by Gasteiger charge is -2.18. The smallest absolute Gasteiger partial charge is 0.325 e. The molecule has 1 atom stereocenters. The van der Waals surface area contributed by atoms with Gasteiger partial charge in [0.2, 0.25) is 15.9 Å². The van der Waals surface area contributed by atoms with Crippen LogP contribution in [0, 0.1) is 11.8 Å². The maximum atomic E-state index is 13.1. The van der Waals surface area contributed by atoms with Crippen LogP contribution in [0.1, 0.15) is 19.3 Å². The normalized spacial score (nSPS) is 22.8. The van der Waals surface area contributed by atoms with Gasteiger partial charge in [0.1, 0.15) is 11.4 Å². The highest BCUT2D eigenvalue weighted by atomic mass is 35.5. The third kappa shape index (κ3) is 4.10. The average molecular weight is 441 g/mol. The van der Waals surface area contributed by atoms with Gasteiger partial charge in [-0.25, -0.2) is 13.2 Å². The SMILES string of the molecule is O=C(CN1C(=O)CNC1=O)Nc1ccc(Cl)c(S(=O)(=O)N2CCC(C3CC3)C2)c1. The van der Waals surface area contributed by atoms with Gasteiger partial charge < -0.3 is 10.6 Å². The van der Waals surface area contributed by atoms with Crippen molar-refractivity contribution in [3.05, 3.63) is 23.2 Å². The van der Waals surface area contributed by atoms with Gasteiger partial charge in [-0.1, -0.05) is 11.6 Å². The summed E-state index contributed by atoms with van der Waals surface area (Å²) in [6, 6.07) is 3.56. The van der Waals surface area contributed by atoms with E-state index in [1.54, 1.807) is 0 Å². The summed E-state index contributed by atoms with van der Waals surface area (Å²) in [4.78, 5) is 36.1. The molecule has 3 aliphatic rings. The Hall–Kier alpha value is -2.17. The summed E-state index contributed by atoms with van der Waals surface area (Å²) in [5, 5.41) is 4.93. The average Bonchev–Trinajstić information content (AvgIpc) is 3.32. The Bertz CT molecular complexity index is 962. The number of nitrogens with one attached hydrogen (secondary N) is 2. The van der Waals surface area contributed by atoms with Gasteiger partial charge in [-0.15, -0.1) is 0 Å². The summed E-state index contributed by atoms with van der Waals surface area (Å²) >= 11 is 6.16. The Morgan fingerprint density at radius 1 is 1.21 bits per heavy atom. The fourth-order valence-corrected chi connectivity index (χ4v) is 5.81. The summed E-state index contributed by atoms with van der Waals surface area (Å²) in [6.45, 7) is 0.354. The monoisotopic (exact) mass is 440 g/mol. The molecule has 2 aliphatic heterocycles. The molecular formula is C18H21ClN4O5S. The highest BCUT2D eigenvalue weighted by Gasteiger charge is 2.40. The lowest BCUT2D eigenvalue weighted by atomic mass is 10.0. The van der Waals surface area contributed by atoms with E-state index in [1.165, 1.54) is 35.3 Å². The maximum Gasteiger partial charge on any atom is 0.325 e. The Morgan fingerprint density at radius 3 is 2.62 bits per heavy atom. The van der Waals surface area contributed by atoms with Gasteiger partial charge in [0.05, 0.1) is 11.6 Å². The van der Waals surface area contributed by atoms with Crippen molar-refractivity contribution in [2.75, 3.05) is 31.5 Å². The number of amides is 4. The summed E-state index contributed by atoms with van der Waals surface area (Å²) in [6.07, 6.45) is 3.18. The molecule has 2 saturated heterocycles. The number of carbonyl (C=O) groups is 3.